The fourth-order valence-corrected chi connectivity index (χ4v) is 4.60. The van der Waals surface area contributed by atoms with Gasteiger partial charge in [0.15, 0.2) is 0 Å². The molecule has 0 amide bonds. The molecule has 0 heterocycles. The molecule has 0 N–H and O–H groups in total. The van der Waals surface area contributed by atoms with Crippen molar-refractivity contribution in [2.24, 2.45) is 0 Å². The van der Waals surface area contributed by atoms with E-state index in [0.29, 0.717) is 0 Å². The van der Waals surface area contributed by atoms with E-state index < -0.39 is 8.07 Å². The molecular weight excluding hydrogens is 208 g/mol. The molecule has 0 unspecified atom stereocenters. The lowest BCUT2D eigenvalue weighted by Gasteiger charge is -2.23. The van der Waals surface area contributed by atoms with Crippen molar-refractivity contribution in [2.75, 3.05) is 0 Å². The van der Waals surface area contributed by atoms with Crippen LogP contribution in [0.15, 0.2) is 0 Å². The van der Waals surface area contributed by atoms with E-state index in [9.17, 15) is 0 Å². The summed E-state index contributed by atoms with van der Waals surface area (Å²) in [5, 5.41) is 0. The van der Waals surface area contributed by atoms with E-state index in [-0.39, 0.29) is 0 Å². The summed E-state index contributed by atoms with van der Waals surface area (Å²) in [6, 6.07) is 4.55. The van der Waals surface area contributed by atoms with Crippen molar-refractivity contribution in [2.45, 2.75) is 96.8 Å². The molecule has 0 aromatic carbocycles. The zero-order valence-corrected chi connectivity index (χ0v) is 13.3. The van der Waals surface area contributed by atoms with Gasteiger partial charge in [0.25, 0.3) is 0 Å². The normalized spacial score (nSPS) is 12.0. The van der Waals surface area contributed by atoms with Gasteiger partial charge in [0, 0.05) is 8.07 Å². The molecule has 98 valence electrons. The summed E-state index contributed by atoms with van der Waals surface area (Å²) in [7, 11) is -0.779. The van der Waals surface area contributed by atoms with Crippen LogP contribution in [0.3, 0.4) is 0 Å². The predicted molar refractivity (Wildman–Crippen MR) is 80.0 cm³/mol. The monoisotopic (exact) mass is 242 g/mol. The molecular formula is C15H34Si. The number of hydrogen-bond acceptors (Lipinski definition) is 0. The molecule has 0 atom stereocenters. The standard InChI is InChI=1S/C15H34Si/c1-5-8-9-10-11-12-13-14-15-16(4,6-2)7-3/h5-15H2,1-4H3. The first-order valence-electron chi connectivity index (χ1n) is 7.68. The van der Waals surface area contributed by atoms with Gasteiger partial charge in [-0.15, -0.1) is 0 Å². The molecule has 0 saturated carbocycles. The topological polar surface area (TPSA) is 0 Å². The Hall–Kier alpha value is 0.217. The first-order valence-corrected chi connectivity index (χ1v) is 10.8. The fourth-order valence-electron chi connectivity index (χ4n) is 2.29. The van der Waals surface area contributed by atoms with Gasteiger partial charge >= 0.3 is 0 Å². The lowest BCUT2D eigenvalue weighted by molar-refractivity contribution is 0.583. The average molecular weight is 243 g/mol. The summed E-state index contributed by atoms with van der Waals surface area (Å²) < 4.78 is 0. The third-order valence-corrected chi connectivity index (χ3v) is 9.32. The molecule has 0 nitrogen and oxygen atoms in total. The Morgan fingerprint density at radius 2 is 1.06 bits per heavy atom. The molecule has 0 aromatic heterocycles. The summed E-state index contributed by atoms with van der Waals surface area (Å²) in [6.45, 7) is 9.69. The summed E-state index contributed by atoms with van der Waals surface area (Å²) in [5.74, 6) is 0. The third kappa shape index (κ3) is 8.38. The van der Waals surface area contributed by atoms with Gasteiger partial charge in [0.05, 0.1) is 0 Å². The van der Waals surface area contributed by atoms with Gasteiger partial charge in [-0.1, -0.05) is 96.8 Å². The molecule has 0 aliphatic carbocycles. The van der Waals surface area contributed by atoms with Gasteiger partial charge in [-0.3, -0.25) is 0 Å². The van der Waals surface area contributed by atoms with Crippen molar-refractivity contribution < 1.29 is 0 Å². The van der Waals surface area contributed by atoms with Gasteiger partial charge in [-0.05, 0) is 0 Å². The first kappa shape index (κ1) is 16.2. The minimum absolute atomic E-state index is 0.779. The van der Waals surface area contributed by atoms with Crippen LogP contribution in [0, 0.1) is 0 Å². The Bertz CT molecular complexity index is 138. The van der Waals surface area contributed by atoms with Crippen LogP contribution in [-0.4, -0.2) is 8.07 Å². The highest BCUT2D eigenvalue weighted by Gasteiger charge is 2.20. The van der Waals surface area contributed by atoms with Gasteiger partial charge in [-0.25, -0.2) is 0 Å². The Labute approximate surface area is 105 Å². The Morgan fingerprint density at radius 1 is 0.625 bits per heavy atom. The highest BCUT2D eigenvalue weighted by Crippen LogP contribution is 2.23. The summed E-state index contributed by atoms with van der Waals surface area (Å²) in [5.41, 5.74) is 0. The van der Waals surface area contributed by atoms with Gasteiger partial charge in [-0.2, -0.15) is 0 Å². The van der Waals surface area contributed by atoms with Crippen molar-refractivity contribution in [3.05, 3.63) is 0 Å². The maximum absolute atomic E-state index is 2.59. The van der Waals surface area contributed by atoms with Crippen molar-refractivity contribution >= 4 is 8.07 Å². The maximum atomic E-state index is 2.59. The fraction of sp³-hybridized carbons (Fsp3) is 1.00. The van der Waals surface area contributed by atoms with Crippen molar-refractivity contribution in [3.63, 3.8) is 0 Å². The second-order valence-corrected chi connectivity index (χ2v) is 11.3. The van der Waals surface area contributed by atoms with Crippen LogP contribution in [0.5, 0.6) is 0 Å². The average Bonchev–Trinajstić information content (AvgIpc) is 2.32. The summed E-state index contributed by atoms with van der Waals surface area (Å²) >= 11 is 0. The van der Waals surface area contributed by atoms with Crippen LogP contribution < -0.4 is 0 Å². The van der Waals surface area contributed by atoms with Gasteiger partial charge in [0.1, 0.15) is 0 Å². The molecule has 16 heavy (non-hydrogen) atoms. The van der Waals surface area contributed by atoms with E-state index in [1.54, 1.807) is 6.04 Å². The first-order chi connectivity index (χ1) is 7.68. The smallest absolute Gasteiger partial charge is 0.0499 e. The van der Waals surface area contributed by atoms with Crippen molar-refractivity contribution in [3.8, 4) is 0 Å². The second kappa shape index (κ2) is 10.4. The third-order valence-electron chi connectivity index (χ3n) is 4.34. The van der Waals surface area contributed by atoms with Gasteiger partial charge in [0.2, 0.25) is 0 Å². The zero-order chi connectivity index (χ0) is 12.3. The lowest BCUT2D eigenvalue weighted by Crippen LogP contribution is -2.26. The Balaban J connectivity index is 3.26. The highest BCUT2D eigenvalue weighted by molar-refractivity contribution is 6.78. The molecule has 1 heteroatoms. The van der Waals surface area contributed by atoms with Crippen LogP contribution in [0.2, 0.25) is 24.7 Å². The molecule has 0 aliphatic heterocycles. The van der Waals surface area contributed by atoms with E-state index in [2.05, 4.69) is 27.3 Å². The van der Waals surface area contributed by atoms with Crippen molar-refractivity contribution in [1.29, 1.82) is 0 Å². The summed E-state index contributed by atoms with van der Waals surface area (Å²) in [4.78, 5) is 0. The number of rotatable bonds is 11. The zero-order valence-electron chi connectivity index (χ0n) is 12.3. The Kier molecular flexibility index (Phi) is 10.5. The molecule has 0 radical (unpaired) electrons. The number of hydrogen-bond donors (Lipinski definition) is 0. The van der Waals surface area contributed by atoms with E-state index in [1.807, 2.05) is 0 Å². The van der Waals surface area contributed by atoms with E-state index in [1.165, 1.54) is 63.5 Å². The quantitative estimate of drug-likeness (QED) is 0.297. The second-order valence-electron chi connectivity index (χ2n) is 5.74. The van der Waals surface area contributed by atoms with Gasteiger partial charge < -0.3 is 0 Å². The molecule has 0 aliphatic rings. The van der Waals surface area contributed by atoms with Crippen LogP contribution in [-0.2, 0) is 0 Å². The highest BCUT2D eigenvalue weighted by atomic mass is 28.3. The van der Waals surface area contributed by atoms with E-state index in [4.69, 9.17) is 0 Å². The molecule has 0 spiro atoms. The van der Waals surface area contributed by atoms with Crippen LogP contribution in [0.25, 0.3) is 0 Å². The van der Waals surface area contributed by atoms with Crippen LogP contribution in [0.1, 0.15) is 72.1 Å². The maximum Gasteiger partial charge on any atom is 0.0499 e. The minimum atomic E-state index is -0.779. The van der Waals surface area contributed by atoms with Crippen molar-refractivity contribution in [1.82, 2.24) is 0 Å². The Morgan fingerprint density at radius 3 is 1.50 bits per heavy atom. The largest absolute Gasteiger partial charge is 0.0692 e. The molecule has 0 aromatic rings. The number of unbranched alkanes of at least 4 members (excludes halogenated alkanes) is 7. The van der Waals surface area contributed by atoms with Crippen LogP contribution >= 0.6 is 0 Å². The predicted octanol–water partition coefficient (Wildman–Crippen LogP) is 6.25. The SMILES string of the molecule is CCCCCCCCCC[Si](C)(CC)CC. The molecule has 0 bridgehead atoms. The minimum Gasteiger partial charge on any atom is -0.0692 e. The van der Waals surface area contributed by atoms with E-state index in [0.717, 1.165) is 0 Å². The molecule has 0 saturated heterocycles. The molecule has 0 rings (SSSR count). The van der Waals surface area contributed by atoms with Crippen LogP contribution in [0.4, 0.5) is 0 Å². The lowest BCUT2D eigenvalue weighted by atomic mass is 10.1. The molecule has 0 fully saturated rings. The summed E-state index contributed by atoms with van der Waals surface area (Å²) in [6.07, 6.45) is 11.7. The van der Waals surface area contributed by atoms with E-state index >= 15 is 0 Å².